The van der Waals surface area contributed by atoms with Crippen LogP contribution >= 0.6 is 0 Å². The fourth-order valence-corrected chi connectivity index (χ4v) is 3.45. The second-order valence-corrected chi connectivity index (χ2v) is 9.81. The molecule has 0 aliphatic heterocycles. The number of carbonyl (C=O) groups excluding carboxylic acids is 2. The van der Waals surface area contributed by atoms with Crippen molar-refractivity contribution in [2.45, 2.75) is 58.7 Å². The van der Waals surface area contributed by atoms with Gasteiger partial charge in [0.25, 0.3) is 5.91 Å². The Balaban J connectivity index is 1.47. The van der Waals surface area contributed by atoms with E-state index in [-0.39, 0.29) is 23.1 Å². The largest absolute Gasteiger partial charge is 0.444 e. The first-order chi connectivity index (χ1) is 18.3. The summed E-state index contributed by atoms with van der Waals surface area (Å²) in [5, 5.41) is 21.3. The van der Waals surface area contributed by atoms with Crippen LogP contribution in [0.25, 0.3) is 22.8 Å². The fraction of sp³-hybridized carbons (Fsp3) is 0.370. The first-order valence-electron chi connectivity index (χ1n) is 12.3. The van der Waals surface area contributed by atoms with Crippen LogP contribution < -0.4 is 10.6 Å². The number of benzene rings is 2. The Bertz CT molecular complexity index is 1270. The summed E-state index contributed by atoms with van der Waals surface area (Å²) in [5.41, 5.74) is 0.210. The van der Waals surface area contributed by atoms with E-state index in [1.807, 2.05) is 0 Å². The van der Waals surface area contributed by atoms with Gasteiger partial charge in [-0.05, 0) is 82.9 Å². The second-order valence-electron chi connectivity index (χ2n) is 9.81. The van der Waals surface area contributed by atoms with Crippen LogP contribution in [0.4, 0.5) is 18.0 Å². The van der Waals surface area contributed by atoms with Gasteiger partial charge in [-0.1, -0.05) is 12.1 Å². The summed E-state index contributed by atoms with van der Waals surface area (Å²) in [6.45, 7) is 9.01. The molecule has 2 N–H and O–H groups in total. The number of nitrogens with one attached hydrogen (secondary N) is 2. The lowest BCUT2D eigenvalue weighted by Crippen LogP contribution is -2.31. The van der Waals surface area contributed by atoms with Crippen LogP contribution in [-0.2, 0) is 10.9 Å². The number of aromatic nitrogens is 4. The van der Waals surface area contributed by atoms with Crippen LogP contribution in [0.15, 0.2) is 42.5 Å². The average molecular weight is 544 g/mol. The molecule has 0 aliphatic carbocycles. The smallest absolute Gasteiger partial charge is 0.416 e. The van der Waals surface area contributed by atoms with E-state index >= 15 is 0 Å². The van der Waals surface area contributed by atoms with Crippen LogP contribution in [0, 0.1) is 13.5 Å². The van der Waals surface area contributed by atoms with E-state index in [0.717, 1.165) is 25.0 Å². The van der Waals surface area contributed by atoms with Crippen molar-refractivity contribution >= 4 is 12.0 Å². The summed E-state index contributed by atoms with van der Waals surface area (Å²) in [7, 11) is 0. The number of alkyl halides is 3. The van der Waals surface area contributed by atoms with Gasteiger partial charge in [0.2, 0.25) is 11.6 Å². The summed E-state index contributed by atoms with van der Waals surface area (Å²) >= 11 is 0. The molecule has 2 aromatic carbocycles. The highest BCUT2D eigenvalue weighted by atomic mass is 19.4. The number of ether oxygens (including phenoxy) is 1. The molecule has 0 aliphatic rings. The highest BCUT2D eigenvalue weighted by molar-refractivity contribution is 5.94. The topological polar surface area (TPSA) is 119 Å². The number of amides is 2. The van der Waals surface area contributed by atoms with E-state index in [1.54, 1.807) is 58.5 Å². The summed E-state index contributed by atoms with van der Waals surface area (Å²) in [6.07, 6.45) is -2.87. The predicted octanol–water partition coefficient (Wildman–Crippen LogP) is 5.51. The van der Waals surface area contributed by atoms with Gasteiger partial charge in [0, 0.05) is 23.2 Å². The number of hydrogen-bond donors (Lipinski definition) is 2. The van der Waals surface area contributed by atoms with Gasteiger partial charge < -0.3 is 15.4 Å². The number of aryl methyl sites for hydroxylation is 1. The van der Waals surface area contributed by atoms with Crippen LogP contribution in [-0.4, -0.2) is 44.5 Å². The molecule has 1 aromatic heterocycles. The Hall–Kier alpha value is -4.09. The monoisotopic (exact) mass is 543 g/mol. The Morgan fingerprint density at radius 2 is 1.51 bits per heavy atom. The van der Waals surface area contributed by atoms with Gasteiger partial charge in [0.15, 0.2) is 0 Å². The molecule has 0 unspecified atom stereocenters. The minimum atomic E-state index is -4.49. The van der Waals surface area contributed by atoms with Crippen molar-refractivity contribution in [2.75, 3.05) is 6.54 Å². The van der Waals surface area contributed by atoms with Crippen LogP contribution in [0.3, 0.4) is 0 Å². The minimum Gasteiger partial charge on any atom is -0.444 e. The molecule has 0 fully saturated rings. The first kappa shape index (κ1) is 29.5. The molecular formula is C27H30F3N6O3. The summed E-state index contributed by atoms with van der Waals surface area (Å²) in [4.78, 5) is 24.0. The van der Waals surface area contributed by atoms with Gasteiger partial charge in [-0.15, -0.1) is 20.4 Å². The molecule has 0 saturated carbocycles. The van der Waals surface area contributed by atoms with E-state index in [9.17, 15) is 22.8 Å². The van der Waals surface area contributed by atoms with Crippen molar-refractivity contribution in [3.05, 3.63) is 65.7 Å². The van der Waals surface area contributed by atoms with E-state index in [4.69, 9.17) is 4.74 Å². The standard InChI is InChI=1S/C27H30F3N6O3/c1-17-14-20(16-21(15-17)27(28,29)30)23-35-33-22(34-36-23)18-8-10-19(11-9-18)24(37)31-12-6-5-7-13-32-25(38)39-26(2,3)4/h8-11,13-16H,5-7,12H2,1-4H3,(H,31,37)(H,32,38). The zero-order chi connectivity index (χ0) is 28.6. The zero-order valence-corrected chi connectivity index (χ0v) is 22.1. The van der Waals surface area contributed by atoms with Crippen molar-refractivity contribution in [3.8, 4) is 22.8 Å². The SMILES string of the molecule is Cc1cc(-c2nnc(-c3ccc(C(=O)NCCCC[CH]NC(=O)OC(C)(C)C)cc3)nn2)cc(C(F)(F)F)c1. The maximum Gasteiger partial charge on any atom is 0.416 e. The summed E-state index contributed by atoms with van der Waals surface area (Å²) in [5.74, 6) is -0.0994. The Kier molecular flexibility index (Phi) is 9.55. The fourth-order valence-electron chi connectivity index (χ4n) is 3.45. The van der Waals surface area contributed by atoms with Crippen molar-refractivity contribution in [1.82, 2.24) is 31.0 Å². The first-order valence-corrected chi connectivity index (χ1v) is 12.3. The Labute approximate surface area is 224 Å². The lowest BCUT2D eigenvalue weighted by molar-refractivity contribution is -0.137. The predicted molar refractivity (Wildman–Crippen MR) is 138 cm³/mol. The van der Waals surface area contributed by atoms with Gasteiger partial charge in [0.1, 0.15) is 5.60 Å². The van der Waals surface area contributed by atoms with Crippen LogP contribution in [0.1, 0.15) is 61.5 Å². The molecule has 0 bridgehead atoms. The van der Waals surface area contributed by atoms with Gasteiger partial charge in [-0.3, -0.25) is 4.79 Å². The molecule has 2 amide bonds. The van der Waals surface area contributed by atoms with Crippen molar-refractivity contribution in [1.29, 1.82) is 0 Å². The molecule has 0 spiro atoms. The van der Waals surface area contributed by atoms with Crippen LogP contribution in [0.2, 0.25) is 0 Å². The third-order valence-corrected chi connectivity index (χ3v) is 5.23. The number of hydrogen-bond acceptors (Lipinski definition) is 7. The highest BCUT2D eigenvalue weighted by Gasteiger charge is 2.31. The van der Waals surface area contributed by atoms with Crippen LogP contribution in [0.5, 0.6) is 0 Å². The summed E-state index contributed by atoms with van der Waals surface area (Å²) < 4.78 is 44.5. The quantitative estimate of drug-likeness (QED) is 0.341. The maximum absolute atomic E-state index is 13.1. The van der Waals surface area contributed by atoms with E-state index in [1.165, 1.54) is 6.07 Å². The normalized spacial score (nSPS) is 11.7. The second kappa shape index (κ2) is 12.6. The molecule has 39 heavy (non-hydrogen) atoms. The number of alkyl carbamates (subject to hydrolysis) is 1. The molecule has 9 nitrogen and oxygen atoms in total. The van der Waals surface area contributed by atoms with Crippen molar-refractivity contribution in [3.63, 3.8) is 0 Å². The number of nitrogens with zero attached hydrogens (tertiary/aromatic N) is 4. The van der Waals surface area contributed by atoms with Gasteiger partial charge >= 0.3 is 12.3 Å². The lowest BCUT2D eigenvalue weighted by Gasteiger charge is -2.19. The number of halogens is 3. The average Bonchev–Trinajstić information content (AvgIpc) is 2.86. The summed E-state index contributed by atoms with van der Waals surface area (Å²) in [6, 6.07) is 10.0. The van der Waals surface area contributed by atoms with E-state index in [2.05, 4.69) is 31.0 Å². The molecule has 3 aromatic rings. The minimum absolute atomic E-state index is 0.0258. The molecule has 12 heteroatoms. The Morgan fingerprint density at radius 1 is 0.897 bits per heavy atom. The molecular weight excluding hydrogens is 513 g/mol. The number of rotatable bonds is 9. The highest BCUT2D eigenvalue weighted by Crippen LogP contribution is 2.32. The van der Waals surface area contributed by atoms with E-state index < -0.39 is 23.4 Å². The molecule has 3 rings (SSSR count). The molecule has 1 radical (unpaired) electrons. The molecule has 1 heterocycles. The third-order valence-electron chi connectivity index (χ3n) is 5.23. The lowest BCUT2D eigenvalue weighted by atomic mass is 10.1. The number of carbonyl (C=O) groups is 2. The van der Waals surface area contributed by atoms with Crippen molar-refractivity contribution < 1.29 is 27.5 Å². The molecule has 0 atom stereocenters. The van der Waals surface area contributed by atoms with Gasteiger partial charge in [-0.2, -0.15) is 13.2 Å². The third kappa shape index (κ3) is 9.31. The number of unbranched alkanes of at least 4 members (excludes halogenated alkanes) is 2. The molecule has 0 saturated heterocycles. The Morgan fingerprint density at radius 3 is 2.10 bits per heavy atom. The van der Waals surface area contributed by atoms with Gasteiger partial charge in [-0.25, -0.2) is 4.79 Å². The maximum atomic E-state index is 13.1. The van der Waals surface area contributed by atoms with Gasteiger partial charge in [0.05, 0.1) is 12.1 Å². The van der Waals surface area contributed by atoms with E-state index in [0.29, 0.717) is 29.7 Å². The van der Waals surface area contributed by atoms with Crippen molar-refractivity contribution in [2.24, 2.45) is 0 Å². The zero-order valence-electron chi connectivity index (χ0n) is 22.1. The molecule has 207 valence electrons.